The molecule has 0 bridgehead atoms. The van der Waals surface area contributed by atoms with E-state index in [4.69, 9.17) is 0 Å². The first-order valence-electron chi connectivity index (χ1n) is 7.25. The van der Waals surface area contributed by atoms with Crippen molar-refractivity contribution in [2.75, 3.05) is 0 Å². The average molecular weight is 355 g/mol. The summed E-state index contributed by atoms with van der Waals surface area (Å²) in [5.41, 5.74) is 3.90. The second-order valence-electron chi connectivity index (χ2n) is 5.39. The predicted octanol–water partition coefficient (Wildman–Crippen LogP) is 5.47. The van der Waals surface area contributed by atoms with Crippen molar-refractivity contribution >= 4 is 27.8 Å². The van der Waals surface area contributed by atoms with Gasteiger partial charge in [-0.2, -0.15) is 0 Å². The molecule has 1 unspecified atom stereocenters. The lowest BCUT2D eigenvalue weighted by molar-refractivity contribution is -0.105. The van der Waals surface area contributed by atoms with Crippen molar-refractivity contribution in [3.63, 3.8) is 0 Å². The second kappa shape index (κ2) is 7.90. The van der Waals surface area contributed by atoms with Crippen molar-refractivity contribution in [1.29, 1.82) is 0 Å². The molecule has 1 nitrogen and oxygen atoms in total. The summed E-state index contributed by atoms with van der Waals surface area (Å²) in [5.74, 6) is 0.152. The van der Waals surface area contributed by atoms with Gasteiger partial charge in [0.1, 0.15) is 6.29 Å². The molecule has 0 spiro atoms. The molecule has 0 heterocycles. The minimum atomic E-state index is 0.152. The van der Waals surface area contributed by atoms with Crippen molar-refractivity contribution in [3.05, 3.63) is 88.4 Å². The number of hydrogen-bond donors (Lipinski definition) is 0. The minimum absolute atomic E-state index is 0.152. The molecule has 22 heavy (non-hydrogen) atoms. The van der Waals surface area contributed by atoms with Gasteiger partial charge in [0.15, 0.2) is 0 Å². The van der Waals surface area contributed by atoms with Gasteiger partial charge in [-0.3, -0.25) is 4.79 Å². The highest BCUT2D eigenvalue weighted by molar-refractivity contribution is 9.10. The fourth-order valence-corrected chi connectivity index (χ4v) is 2.59. The Morgan fingerprint density at radius 3 is 2.36 bits per heavy atom. The van der Waals surface area contributed by atoms with Gasteiger partial charge in [-0.05, 0) is 52.8 Å². The average Bonchev–Trinajstić information content (AvgIpc) is 2.55. The quantitative estimate of drug-likeness (QED) is 0.382. The SMILES string of the molecule is C=C(/C=C(/C=O)C(C)Cc1ccc(Br)cc1)c1ccccc1. The Morgan fingerprint density at radius 1 is 1.14 bits per heavy atom. The largest absolute Gasteiger partial charge is 0.298 e. The number of carbonyl (C=O) groups excluding carboxylic acids is 1. The first-order chi connectivity index (χ1) is 10.6. The first kappa shape index (κ1) is 16.4. The van der Waals surface area contributed by atoms with Crippen LogP contribution in [-0.4, -0.2) is 6.29 Å². The third-order valence-corrected chi connectivity index (χ3v) is 4.17. The lowest BCUT2D eigenvalue weighted by Gasteiger charge is -2.12. The van der Waals surface area contributed by atoms with Crippen LogP contribution in [0.15, 0.2) is 77.3 Å². The third kappa shape index (κ3) is 4.54. The number of aldehydes is 1. The zero-order valence-electron chi connectivity index (χ0n) is 12.6. The van der Waals surface area contributed by atoms with Gasteiger partial charge in [-0.15, -0.1) is 0 Å². The molecular formula is C20H19BrO. The van der Waals surface area contributed by atoms with Crippen molar-refractivity contribution in [3.8, 4) is 0 Å². The predicted molar refractivity (Wildman–Crippen MR) is 96.6 cm³/mol. The molecule has 1 atom stereocenters. The smallest absolute Gasteiger partial charge is 0.146 e. The molecule has 2 aromatic carbocycles. The highest BCUT2D eigenvalue weighted by Crippen LogP contribution is 2.21. The maximum atomic E-state index is 11.4. The highest BCUT2D eigenvalue weighted by Gasteiger charge is 2.10. The third-order valence-electron chi connectivity index (χ3n) is 3.65. The van der Waals surface area contributed by atoms with Crippen LogP contribution in [0.25, 0.3) is 5.57 Å². The van der Waals surface area contributed by atoms with Gasteiger partial charge < -0.3 is 0 Å². The zero-order chi connectivity index (χ0) is 15.9. The molecule has 0 N–H and O–H groups in total. The molecule has 0 aliphatic heterocycles. The number of rotatable bonds is 6. The lowest BCUT2D eigenvalue weighted by atomic mass is 9.92. The van der Waals surface area contributed by atoms with Gasteiger partial charge in [0, 0.05) is 4.47 Å². The Labute approximate surface area is 140 Å². The molecule has 0 fully saturated rings. The van der Waals surface area contributed by atoms with E-state index in [1.165, 1.54) is 5.56 Å². The number of halogens is 1. The second-order valence-corrected chi connectivity index (χ2v) is 6.30. The Hall–Kier alpha value is -1.93. The van der Waals surface area contributed by atoms with Crippen LogP contribution < -0.4 is 0 Å². The minimum Gasteiger partial charge on any atom is -0.298 e. The van der Waals surface area contributed by atoms with Crippen LogP contribution >= 0.6 is 15.9 Å². The van der Waals surface area contributed by atoms with Gasteiger partial charge in [-0.25, -0.2) is 0 Å². The van der Waals surface area contributed by atoms with Gasteiger partial charge in [0.2, 0.25) is 0 Å². The van der Waals surface area contributed by atoms with Crippen molar-refractivity contribution < 1.29 is 4.79 Å². The Balaban J connectivity index is 2.13. The maximum Gasteiger partial charge on any atom is 0.146 e. The molecule has 112 valence electrons. The number of hydrogen-bond acceptors (Lipinski definition) is 1. The summed E-state index contributed by atoms with van der Waals surface area (Å²) in [5, 5.41) is 0. The lowest BCUT2D eigenvalue weighted by Crippen LogP contribution is -2.05. The van der Waals surface area contributed by atoms with E-state index in [-0.39, 0.29) is 5.92 Å². The summed E-state index contributed by atoms with van der Waals surface area (Å²) in [6.07, 6.45) is 3.67. The normalized spacial score (nSPS) is 12.7. The van der Waals surface area contributed by atoms with Gasteiger partial charge in [0.05, 0.1) is 0 Å². The molecule has 2 aromatic rings. The fourth-order valence-electron chi connectivity index (χ4n) is 2.32. The standard InChI is InChI=1S/C20H19BrO/c1-15(12-17-8-10-20(21)11-9-17)19(14-22)13-16(2)18-6-4-3-5-7-18/h3-11,13-15H,2,12H2,1H3/b19-13-. The van der Waals surface area contributed by atoms with Crippen LogP contribution in [0.5, 0.6) is 0 Å². The van der Waals surface area contributed by atoms with E-state index in [2.05, 4.69) is 41.6 Å². The molecular weight excluding hydrogens is 336 g/mol. The van der Waals surface area contributed by atoms with Crippen molar-refractivity contribution in [2.24, 2.45) is 5.92 Å². The van der Waals surface area contributed by atoms with Crippen LogP contribution in [0, 0.1) is 5.92 Å². The molecule has 0 aliphatic rings. The molecule has 0 amide bonds. The van der Waals surface area contributed by atoms with Crippen LogP contribution in [0.3, 0.4) is 0 Å². The van der Waals surface area contributed by atoms with Crippen LogP contribution in [0.2, 0.25) is 0 Å². The van der Waals surface area contributed by atoms with E-state index in [9.17, 15) is 4.79 Å². The molecule has 0 aliphatic carbocycles. The molecule has 0 saturated carbocycles. The maximum absolute atomic E-state index is 11.4. The Kier molecular flexibility index (Phi) is 5.91. The van der Waals surface area contributed by atoms with Gasteiger partial charge >= 0.3 is 0 Å². The molecule has 2 heteroatoms. The van der Waals surface area contributed by atoms with E-state index in [1.54, 1.807) is 0 Å². The van der Waals surface area contributed by atoms with Crippen molar-refractivity contribution in [2.45, 2.75) is 13.3 Å². The van der Waals surface area contributed by atoms with Gasteiger partial charge in [-0.1, -0.05) is 71.9 Å². The summed E-state index contributed by atoms with van der Waals surface area (Å²) in [6.45, 7) is 6.14. The summed E-state index contributed by atoms with van der Waals surface area (Å²) in [4.78, 5) is 11.4. The molecule has 0 aromatic heterocycles. The fraction of sp³-hybridized carbons (Fsp3) is 0.150. The van der Waals surface area contributed by atoms with E-state index >= 15 is 0 Å². The number of allylic oxidation sites excluding steroid dienone is 3. The highest BCUT2D eigenvalue weighted by atomic mass is 79.9. The van der Waals surface area contributed by atoms with E-state index in [0.29, 0.717) is 0 Å². The zero-order valence-corrected chi connectivity index (χ0v) is 14.2. The number of carbonyl (C=O) groups is 1. The number of benzene rings is 2. The topological polar surface area (TPSA) is 17.1 Å². The monoisotopic (exact) mass is 354 g/mol. The van der Waals surface area contributed by atoms with E-state index < -0.39 is 0 Å². The molecule has 0 radical (unpaired) electrons. The van der Waals surface area contributed by atoms with Crippen LogP contribution in [0.1, 0.15) is 18.1 Å². The summed E-state index contributed by atoms with van der Waals surface area (Å²) < 4.78 is 1.06. The Morgan fingerprint density at radius 2 is 1.77 bits per heavy atom. The van der Waals surface area contributed by atoms with Crippen LogP contribution in [0.4, 0.5) is 0 Å². The molecule has 2 rings (SSSR count). The summed E-state index contributed by atoms with van der Waals surface area (Å²) >= 11 is 3.43. The van der Waals surface area contributed by atoms with Crippen LogP contribution in [-0.2, 0) is 11.2 Å². The Bertz CT molecular complexity index is 669. The van der Waals surface area contributed by atoms with Gasteiger partial charge in [0.25, 0.3) is 0 Å². The van der Waals surface area contributed by atoms with E-state index in [1.807, 2.05) is 48.5 Å². The summed E-state index contributed by atoms with van der Waals surface area (Å²) in [7, 11) is 0. The first-order valence-corrected chi connectivity index (χ1v) is 8.05. The summed E-state index contributed by atoms with van der Waals surface area (Å²) in [6, 6.07) is 18.1. The van der Waals surface area contributed by atoms with Crippen molar-refractivity contribution in [1.82, 2.24) is 0 Å². The molecule has 0 saturated heterocycles. The van der Waals surface area contributed by atoms with E-state index in [0.717, 1.165) is 33.9 Å².